The minimum Gasteiger partial charge on any atom is 0 e. The van der Waals surface area contributed by atoms with Gasteiger partial charge in [-0.05, 0) is 0 Å². The second-order valence-electron chi connectivity index (χ2n) is 0. The summed E-state index contributed by atoms with van der Waals surface area (Å²) in [5.74, 6) is 0. The summed E-state index contributed by atoms with van der Waals surface area (Å²) in [7, 11) is 0. The third-order valence-corrected chi connectivity index (χ3v) is 0. The molecular formula is H3AlNbOTiZr. The van der Waals surface area contributed by atoms with Gasteiger partial charge in [-0.2, -0.15) is 0 Å². The zero-order chi connectivity index (χ0) is 2.00. The first-order valence-corrected chi connectivity index (χ1v) is 0.842. The van der Waals surface area contributed by atoms with Gasteiger partial charge in [0.25, 0.3) is 0 Å². The fourth-order valence-electron chi connectivity index (χ4n) is 0. The van der Waals surface area contributed by atoms with Gasteiger partial charge in [-0.1, -0.05) is 0 Å². The van der Waals surface area contributed by atoms with Gasteiger partial charge in [-0.25, -0.2) is 0 Å². The summed E-state index contributed by atoms with van der Waals surface area (Å²) in [6, 6.07) is 0. The van der Waals surface area contributed by atoms with Crippen LogP contribution >= 0.6 is 0 Å². The second kappa shape index (κ2) is 30.1. The average molecular weight is 278 g/mol. The zero-order valence-electron chi connectivity index (χ0n) is 1.86. The monoisotopic (exact) mass is 277 g/mol. The van der Waals surface area contributed by atoms with Crippen molar-refractivity contribution in [3.05, 3.63) is 0 Å². The summed E-state index contributed by atoms with van der Waals surface area (Å²) < 4.78 is 8.25. The van der Waals surface area contributed by atoms with Crippen LogP contribution in [0.3, 0.4) is 0 Å². The molecule has 0 fully saturated rings. The molecular weight excluding hydrogens is 275 g/mol. The van der Waals surface area contributed by atoms with E-state index in [0.717, 1.165) is 20.4 Å². The van der Waals surface area contributed by atoms with Crippen molar-refractivity contribution in [3.63, 3.8) is 0 Å². The van der Waals surface area contributed by atoms with E-state index in [1.165, 1.54) is 0 Å². The van der Waals surface area contributed by atoms with Gasteiger partial charge in [0.15, 0.2) is 17.4 Å². The first kappa shape index (κ1) is 25.3. The molecule has 0 bridgehead atoms. The third kappa shape index (κ3) is 20.4. The summed E-state index contributed by atoms with van der Waals surface area (Å²) in [6.45, 7) is 0. The van der Waals surface area contributed by atoms with E-state index in [2.05, 4.69) is 0 Å². The molecule has 1 nitrogen and oxygen atoms in total. The Kier molecular flexibility index (Phi) is 152. The number of hydrogen-bond donors (Lipinski definition) is 0. The molecule has 0 atom stereocenters. The Bertz CT molecular complexity index is 11.6. The number of rotatable bonds is 0. The molecule has 5 heavy (non-hydrogen) atoms. The van der Waals surface area contributed by atoms with Crippen LogP contribution in [0.25, 0.3) is 0 Å². The molecule has 0 aliphatic heterocycles. The molecule has 0 spiro atoms. The van der Waals surface area contributed by atoms with Gasteiger partial charge >= 0.3 is 23.7 Å². The molecule has 0 rings (SSSR count). The Labute approximate surface area is 88.1 Å². The molecule has 0 aromatic carbocycles. The normalized spacial score (nSPS) is 0.600. The van der Waals surface area contributed by atoms with Crippen LogP contribution in [0, 0.1) is 0 Å². The SMILES string of the molecule is [AlH3].[Nb].[O]=[Ti].[Zr]. The first-order valence-electron chi connectivity index (χ1n) is 0.204. The molecule has 0 saturated heterocycles. The van der Waals surface area contributed by atoms with Gasteiger partial charge in [0.2, 0.25) is 0 Å². The van der Waals surface area contributed by atoms with E-state index in [0.29, 0.717) is 0 Å². The van der Waals surface area contributed by atoms with Gasteiger partial charge in [0.1, 0.15) is 0 Å². The smallest absolute Gasteiger partial charge is 0 e. The zero-order valence-corrected chi connectivity index (χ0v) is 8.07. The van der Waals surface area contributed by atoms with Crippen molar-refractivity contribution in [2.75, 3.05) is 0 Å². The van der Waals surface area contributed by atoms with Crippen LogP contribution in [0.4, 0.5) is 0 Å². The van der Waals surface area contributed by atoms with Gasteiger partial charge in [0.05, 0.1) is 0 Å². The van der Waals surface area contributed by atoms with E-state index >= 15 is 0 Å². The van der Waals surface area contributed by atoms with Gasteiger partial charge in [0, 0.05) is 48.6 Å². The predicted octanol–water partition coefficient (Wildman–Crippen LogP) is -1.31. The minimum absolute atomic E-state index is 0. The average Bonchev–Trinajstić information content (AvgIpc) is 1.00. The number of hydrogen-bond acceptors (Lipinski definition) is 1. The van der Waals surface area contributed by atoms with Crippen molar-refractivity contribution < 1.29 is 72.3 Å². The van der Waals surface area contributed by atoms with Crippen LogP contribution in [0.1, 0.15) is 0 Å². The summed E-state index contributed by atoms with van der Waals surface area (Å²) >= 11 is 0.750. The second-order valence-corrected chi connectivity index (χ2v) is 0. The van der Waals surface area contributed by atoms with Gasteiger partial charge < -0.3 is 0 Å². The quantitative estimate of drug-likeness (QED) is 0.503. The van der Waals surface area contributed by atoms with E-state index in [1.807, 2.05) is 0 Å². The molecule has 0 saturated carbocycles. The molecule has 0 aromatic heterocycles. The Morgan fingerprint density at radius 1 is 1.20 bits per heavy atom. The standard InChI is InChI=1S/Al.Nb.O.Ti.Zr.3H. The maximum Gasteiger partial charge on any atom is 0 e. The Hall–Kier alpha value is 2.67. The largest absolute Gasteiger partial charge is 0 e. The van der Waals surface area contributed by atoms with Gasteiger partial charge in [-0.15, -0.1) is 0 Å². The van der Waals surface area contributed by atoms with Crippen LogP contribution < -0.4 is 0 Å². The van der Waals surface area contributed by atoms with Crippen molar-refractivity contribution in [1.29, 1.82) is 0 Å². The van der Waals surface area contributed by atoms with E-state index in [9.17, 15) is 0 Å². The first-order chi connectivity index (χ1) is 1.00. The van der Waals surface area contributed by atoms with Crippen molar-refractivity contribution in [1.82, 2.24) is 0 Å². The fraction of sp³-hybridized carbons (Fsp3) is 0. The molecule has 0 aliphatic rings. The molecule has 0 aromatic rings. The fourth-order valence-corrected chi connectivity index (χ4v) is 0. The molecule has 0 aliphatic carbocycles. The molecule has 25 valence electrons. The van der Waals surface area contributed by atoms with E-state index in [4.69, 9.17) is 3.32 Å². The maximum atomic E-state index is 8.25. The van der Waals surface area contributed by atoms with Gasteiger partial charge in [-0.3, -0.25) is 0 Å². The van der Waals surface area contributed by atoms with Crippen molar-refractivity contribution >= 4 is 17.4 Å². The molecule has 0 N–H and O–H groups in total. The Morgan fingerprint density at radius 2 is 1.20 bits per heavy atom. The Balaban J connectivity index is -0.00000000167. The molecule has 0 unspecified atom stereocenters. The van der Waals surface area contributed by atoms with E-state index in [-0.39, 0.29) is 65.9 Å². The van der Waals surface area contributed by atoms with Crippen LogP contribution in [-0.4, -0.2) is 17.4 Å². The van der Waals surface area contributed by atoms with Crippen LogP contribution in [0.15, 0.2) is 0 Å². The molecule has 1 radical (unpaired) electrons. The van der Waals surface area contributed by atoms with E-state index in [1.54, 1.807) is 0 Å². The van der Waals surface area contributed by atoms with Crippen molar-refractivity contribution in [2.24, 2.45) is 0 Å². The summed E-state index contributed by atoms with van der Waals surface area (Å²) in [5, 5.41) is 0. The topological polar surface area (TPSA) is 17.1 Å². The molecule has 5 heteroatoms. The Morgan fingerprint density at radius 3 is 1.20 bits per heavy atom. The van der Waals surface area contributed by atoms with Crippen LogP contribution in [0.2, 0.25) is 0 Å². The van der Waals surface area contributed by atoms with Crippen molar-refractivity contribution in [2.45, 2.75) is 0 Å². The molecule has 0 heterocycles. The summed E-state index contributed by atoms with van der Waals surface area (Å²) in [6.07, 6.45) is 0. The van der Waals surface area contributed by atoms with Crippen LogP contribution in [-0.2, 0) is 72.3 Å². The third-order valence-electron chi connectivity index (χ3n) is 0. The van der Waals surface area contributed by atoms with E-state index < -0.39 is 0 Å². The summed E-state index contributed by atoms with van der Waals surface area (Å²) in [5.41, 5.74) is 0. The predicted molar refractivity (Wildman–Crippen MR) is 10.6 cm³/mol. The van der Waals surface area contributed by atoms with Crippen LogP contribution in [0.5, 0.6) is 0 Å². The maximum absolute atomic E-state index is 8.25. The van der Waals surface area contributed by atoms with Crippen molar-refractivity contribution in [3.8, 4) is 0 Å². The minimum atomic E-state index is 0. The molecule has 0 amide bonds. The summed E-state index contributed by atoms with van der Waals surface area (Å²) in [4.78, 5) is 0.